The summed E-state index contributed by atoms with van der Waals surface area (Å²) in [5.41, 5.74) is 2.19. The molecule has 20 heavy (non-hydrogen) atoms. The van der Waals surface area contributed by atoms with Crippen molar-refractivity contribution in [2.75, 3.05) is 24.3 Å². The van der Waals surface area contributed by atoms with Crippen LogP contribution in [0.1, 0.15) is 10.4 Å². The lowest BCUT2D eigenvalue weighted by atomic mass is 10.2. The highest BCUT2D eigenvalue weighted by atomic mass is 79.9. The van der Waals surface area contributed by atoms with E-state index in [9.17, 15) is 4.79 Å². The molecule has 0 aliphatic heterocycles. The quantitative estimate of drug-likeness (QED) is 0.886. The van der Waals surface area contributed by atoms with Crippen LogP contribution >= 0.6 is 27.5 Å². The minimum atomic E-state index is -0.229. The second-order valence-corrected chi connectivity index (χ2v) is 5.73. The molecule has 3 nitrogen and oxygen atoms in total. The molecule has 0 heterocycles. The van der Waals surface area contributed by atoms with Gasteiger partial charge in [-0.05, 0) is 46.3 Å². The van der Waals surface area contributed by atoms with Gasteiger partial charge in [0.15, 0.2) is 0 Å². The number of hydrogen-bond acceptors (Lipinski definition) is 2. The Morgan fingerprint density at radius 1 is 1.20 bits per heavy atom. The molecule has 0 unspecified atom stereocenters. The molecule has 0 atom stereocenters. The molecule has 0 aliphatic carbocycles. The number of nitrogens with one attached hydrogen (secondary N) is 1. The molecule has 0 bridgehead atoms. The van der Waals surface area contributed by atoms with Gasteiger partial charge in [-0.3, -0.25) is 4.79 Å². The van der Waals surface area contributed by atoms with Crippen LogP contribution < -0.4 is 10.2 Å². The Morgan fingerprint density at radius 3 is 2.60 bits per heavy atom. The van der Waals surface area contributed by atoms with Crippen LogP contribution in [0.4, 0.5) is 11.4 Å². The molecule has 0 aliphatic rings. The van der Waals surface area contributed by atoms with Gasteiger partial charge in [-0.25, -0.2) is 0 Å². The maximum atomic E-state index is 12.2. The molecule has 0 spiro atoms. The highest BCUT2D eigenvalue weighted by molar-refractivity contribution is 9.10. The summed E-state index contributed by atoms with van der Waals surface area (Å²) in [4.78, 5) is 14.2. The van der Waals surface area contributed by atoms with E-state index in [-0.39, 0.29) is 5.91 Å². The van der Waals surface area contributed by atoms with Crippen molar-refractivity contribution in [2.24, 2.45) is 0 Å². The van der Waals surface area contributed by atoms with Crippen molar-refractivity contribution in [1.82, 2.24) is 0 Å². The molecule has 0 radical (unpaired) electrons. The first-order valence-corrected chi connectivity index (χ1v) is 7.19. The fourth-order valence-corrected chi connectivity index (χ4v) is 2.32. The van der Waals surface area contributed by atoms with Gasteiger partial charge < -0.3 is 10.2 Å². The number of carbonyl (C=O) groups is 1. The molecule has 2 aromatic carbocycles. The lowest BCUT2D eigenvalue weighted by Crippen LogP contribution is -2.14. The molecule has 5 heteroatoms. The Labute approximate surface area is 131 Å². The lowest BCUT2D eigenvalue weighted by Gasteiger charge is -2.14. The Hall–Kier alpha value is -1.52. The van der Waals surface area contributed by atoms with Crippen molar-refractivity contribution < 1.29 is 4.79 Å². The molecular weight excluding hydrogens is 340 g/mol. The summed E-state index contributed by atoms with van der Waals surface area (Å²) in [5, 5.41) is 3.26. The summed E-state index contributed by atoms with van der Waals surface area (Å²) in [7, 11) is 3.90. The monoisotopic (exact) mass is 352 g/mol. The summed E-state index contributed by atoms with van der Waals surface area (Å²) >= 11 is 9.43. The minimum Gasteiger partial charge on any atom is -0.378 e. The Kier molecular flexibility index (Phi) is 4.68. The zero-order valence-corrected chi connectivity index (χ0v) is 13.5. The van der Waals surface area contributed by atoms with E-state index in [1.807, 2.05) is 43.3 Å². The van der Waals surface area contributed by atoms with Crippen LogP contribution in [0, 0.1) is 0 Å². The highest BCUT2D eigenvalue weighted by Gasteiger charge is 2.12. The lowest BCUT2D eigenvalue weighted by molar-refractivity contribution is 0.102. The fourth-order valence-electron chi connectivity index (χ4n) is 1.74. The minimum absolute atomic E-state index is 0.229. The van der Waals surface area contributed by atoms with Gasteiger partial charge in [0.25, 0.3) is 5.91 Å². The molecule has 104 valence electrons. The van der Waals surface area contributed by atoms with Gasteiger partial charge in [-0.2, -0.15) is 0 Å². The van der Waals surface area contributed by atoms with Crippen molar-refractivity contribution in [3.63, 3.8) is 0 Å². The molecule has 0 aromatic heterocycles. The molecule has 1 N–H and O–H groups in total. The van der Waals surface area contributed by atoms with E-state index in [2.05, 4.69) is 21.2 Å². The topological polar surface area (TPSA) is 32.3 Å². The number of carbonyl (C=O) groups excluding carboxylic acids is 1. The third-order valence-electron chi connectivity index (χ3n) is 2.82. The first-order valence-electron chi connectivity index (χ1n) is 6.02. The average Bonchev–Trinajstić information content (AvgIpc) is 2.42. The first kappa shape index (κ1) is 14.9. The van der Waals surface area contributed by atoms with Crippen molar-refractivity contribution >= 4 is 44.8 Å². The summed E-state index contributed by atoms with van der Waals surface area (Å²) in [6.07, 6.45) is 0. The zero-order chi connectivity index (χ0) is 14.7. The zero-order valence-electron chi connectivity index (χ0n) is 11.2. The van der Waals surface area contributed by atoms with Crippen LogP contribution in [-0.2, 0) is 0 Å². The van der Waals surface area contributed by atoms with Crippen LogP contribution in [0.5, 0.6) is 0 Å². The molecular formula is C15H14BrClN2O. The Bertz CT molecular complexity index is 644. The molecule has 0 saturated carbocycles. The number of benzene rings is 2. The van der Waals surface area contributed by atoms with Crippen LogP contribution in [0.15, 0.2) is 46.9 Å². The van der Waals surface area contributed by atoms with E-state index < -0.39 is 0 Å². The average molecular weight is 354 g/mol. The maximum absolute atomic E-state index is 12.2. The van der Waals surface area contributed by atoms with Crippen molar-refractivity contribution in [1.29, 1.82) is 0 Å². The van der Waals surface area contributed by atoms with Gasteiger partial charge in [0.1, 0.15) is 0 Å². The van der Waals surface area contributed by atoms with Crippen LogP contribution in [0.3, 0.4) is 0 Å². The Balaban J connectivity index is 2.24. The smallest absolute Gasteiger partial charge is 0.257 e. The molecule has 0 saturated heterocycles. The van der Waals surface area contributed by atoms with E-state index >= 15 is 0 Å². The van der Waals surface area contributed by atoms with Crippen LogP contribution in [0.25, 0.3) is 0 Å². The third-order valence-corrected chi connectivity index (χ3v) is 4.11. The van der Waals surface area contributed by atoms with E-state index in [0.717, 1.165) is 11.4 Å². The number of anilines is 2. The van der Waals surface area contributed by atoms with Gasteiger partial charge in [-0.15, -0.1) is 0 Å². The second-order valence-electron chi connectivity index (χ2n) is 4.50. The van der Waals surface area contributed by atoms with Gasteiger partial charge in [0.2, 0.25) is 0 Å². The summed E-state index contributed by atoms with van der Waals surface area (Å²) in [6.45, 7) is 0. The van der Waals surface area contributed by atoms with Crippen LogP contribution in [0.2, 0.25) is 5.02 Å². The molecule has 1 amide bonds. The summed E-state index contributed by atoms with van der Waals surface area (Å²) in [6, 6.07) is 12.9. The van der Waals surface area contributed by atoms with Gasteiger partial charge in [-0.1, -0.05) is 23.7 Å². The van der Waals surface area contributed by atoms with Gasteiger partial charge in [0.05, 0.1) is 10.6 Å². The van der Waals surface area contributed by atoms with Gasteiger partial charge >= 0.3 is 0 Å². The van der Waals surface area contributed by atoms with E-state index in [4.69, 9.17) is 11.6 Å². The maximum Gasteiger partial charge on any atom is 0.257 e. The van der Waals surface area contributed by atoms with Crippen molar-refractivity contribution in [3.05, 3.63) is 57.5 Å². The van der Waals surface area contributed by atoms with Crippen molar-refractivity contribution in [3.8, 4) is 0 Å². The predicted molar refractivity (Wildman–Crippen MR) is 87.9 cm³/mol. The molecule has 2 rings (SSSR count). The molecule has 0 fully saturated rings. The summed E-state index contributed by atoms with van der Waals surface area (Å²) < 4.78 is 0.703. The number of nitrogens with zero attached hydrogens (tertiary/aromatic N) is 1. The number of rotatable bonds is 3. The van der Waals surface area contributed by atoms with E-state index in [1.54, 1.807) is 18.2 Å². The number of halogens is 2. The van der Waals surface area contributed by atoms with Gasteiger partial charge in [0, 0.05) is 29.9 Å². The number of hydrogen-bond donors (Lipinski definition) is 1. The SMILES string of the molecule is CN(C)c1cccc(NC(=O)c2cccc(Br)c2Cl)c1. The largest absolute Gasteiger partial charge is 0.378 e. The normalized spacial score (nSPS) is 10.2. The number of amides is 1. The molecule has 2 aromatic rings. The Morgan fingerprint density at radius 2 is 1.90 bits per heavy atom. The van der Waals surface area contributed by atoms with Crippen molar-refractivity contribution in [2.45, 2.75) is 0 Å². The standard InChI is InChI=1S/C15H14BrClN2O/c1-19(2)11-6-3-5-10(9-11)18-15(20)12-7-4-8-13(16)14(12)17/h3-9H,1-2H3,(H,18,20). The van der Waals surface area contributed by atoms with Crippen LogP contribution in [-0.4, -0.2) is 20.0 Å². The summed E-state index contributed by atoms with van der Waals surface area (Å²) in [5.74, 6) is -0.229. The second kappa shape index (κ2) is 6.29. The highest BCUT2D eigenvalue weighted by Crippen LogP contribution is 2.27. The first-order chi connectivity index (χ1) is 9.49. The predicted octanol–water partition coefficient (Wildman–Crippen LogP) is 4.42. The van der Waals surface area contributed by atoms with E-state index in [0.29, 0.717) is 15.1 Å². The van der Waals surface area contributed by atoms with E-state index in [1.165, 1.54) is 0 Å². The third kappa shape index (κ3) is 3.32. The fraction of sp³-hybridized carbons (Fsp3) is 0.133.